The number of amides is 2. The molecule has 0 heterocycles. The Kier molecular flexibility index (Phi) is 8.53. The minimum Gasteiger partial charge on any atom is -0.326 e. The lowest BCUT2D eigenvalue weighted by atomic mass is 10.2. The van der Waals surface area contributed by atoms with Gasteiger partial charge in [0, 0.05) is 29.7 Å². The van der Waals surface area contributed by atoms with Gasteiger partial charge in [-0.25, -0.2) is 13.8 Å². The second kappa shape index (κ2) is 11.6. The van der Waals surface area contributed by atoms with Crippen molar-refractivity contribution in [1.29, 1.82) is 0 Å². The Bertz CT molecular complexity index is 1280. The van der Waals surface area contributed by atoms with E-state index in [-0.39, 0.29) is 17.3 Å². The van der Waals surface area contributed by atoms with E-state index in [0.717, 1.165) is 4.31 Å². The molecule has 0 radical (unpaired) electrons. The maximum atomic E-state index is 13.3. The van der Waals surface area contributed by atoms with E-state index < -0.39 is 22.5 Å². The van der Waals surface area contributed by atoms with Crippen molar-refractivity contribution >= 4 is 45.3 Å². The fourth-order valence-corrected chi connectivity index (χ4v) is 4.59. The normalized spacial score (nSPS) is 11.5. The zero-order chi connectivity index (χ0) is 24.6. The van der Waals surface area contributed by atoms with Gasteiger partial charge in [0.05, 0.1) is 17.7 Å². The van der Waals surface area contributed by atoms with Crippen molar-refractivity contribution in [2.45, 2.75) is 18.4 Å². The van der Waals surface area contributed by atoms with E-state index in [1.54, 1.807) is 48.5 Å². The van der Waals surface area contributed by atoms with Crippen LogP contribution in [-0.2, 0) is 26.2 Å². The molecule has 0 aliphatic rings. The van der Waals surface area contributed by atoms with Gasteiger partial charge in [0.2, 0.25) is 15.9 Å². The first-order valence-corrected chi connectivity index (χ1v) is 12.1. The van der Waals surface area contributed by atoms with E-state index in [0.29, 0.717) is 21.8 Å². The molecular formula is C24H23ClN4O4S. The molecule has 176 valence electrons. The average molecular weight is 499 g/mol. The lowest BCUT2D eigenvalue weighted by Gasteiger charge is -2.21. The summed E-state index contributed by atoms with van der Waals surface area (Å²) in [6.45, 7) is 0.891. The summed E-state index contributed by atoms with van der Waals surface area (Å²) >= 11 is 6.07. The highest BCUT2D eigenvalue weighted by atomic mass is 35.5. The van der Waals surface area contributed by atoms with Crippen molar-refractivity contribution in [1.82, 2.24) is 9.73 Å². The highest BCUT2D eigenvalue weighted by Crippen LogP contribution is 2.20. The molecular weight excluding hydrogens is 476 g/mol. The van der Waals surface area contributed by atoms with E-state index in [4.69, 9.17) is 11.6 Å². The summed E-state index contributed by atoms with van der Waals surface area (Å²) in [6.07, 6.45) is 1.39. The Morgan fingerprint density at radius 2 is 1.62 bits per heavy atom. The first-order chi connectivity index (χ1) is 16.3. The summed E-state index contributed by atoms with van der Waals surface area (Å²) in [5.41, 5.74) is 4.14. The number of hydrogen-bond donors (Lipinski definition) is 2. The van der Waals surface area contributed by atoms with Gasteiger partial charge in [0.15, 0.2) is 0 Å². The van der Waals surface area contributed by atoms with Crippen LogP contribution in [0.3, 0.4) is 0 Å². The van der Waals surface area contributed by atoms with Crippen LogP contribution in [0, 0.1) is 0 Å². The van der Waals surface area contributed by atoms with Crippen molar-refractivity contribution < 1.29 is 18.0 Å². The van der Waals surface area contributed by atoms with Gasteiger partial charge in [-0.2, -0.15) is 9.41 Å². The number of sulfonamides is 1. The van der Waals surface area contributed by atoms with E-state index >= 15 is 0 Å². The fourth-order valence-electron chi connectivity index (χ4n) is 3.02. The summed E-state index contributed by atoms with van der Waals surface area (Å²) in [7, 11) is -4.04. The van der Waals surface area contributed by atoms with Crippen LogP contribution in [0.25, 0.3) is 0 Å². The standard InChI is InChI=1S/C24H23ClN4O4S/c1-18(30)27-21-11-13-22(14-12-21)34(32,33)29(16-19-7-3-2-4-8-19)17-24(31)28-26-15-20-9-5-6-10-23(20)25/h2-15H,16-17H2,1H3,(H,27,30)(H,28,31)/b26-15-. The molecule has 0 saturated carbocycles. The molecule has 0 saturated heterocycles. The van der Waals surface area contributed by atoms with Crippen LogP contribution < -0.4 is 10.7 Å². The third-order valence-electron chi connectivity index (χ3n) is 4.63. The number of anilines is 1. The summed E-state index contributed by atoms with van der Waals surface area (Å²) < 4.78 is 27.8. The number of hydrazone groups is 1. The first kappa shape index (κ1) is 25.1. The Labute approximate surface area is 203 Å². The van der Waals surface area contributed by atoms with Crippen LogP contribution in [0.15, 0.2) is 88.9 Å². The van der Waals surface area contributed by atoms with E-state index in [1.807, 2.05) is 6.07 Å². The van der Waals surface area contributed by atoms with E-state index in [9.17, 15) is 18.0 Å². The maximum Gasteiger partial charge on any atom is 0.255 e. The zero-order valence-corrected chi connectivity index (χ0v) is 19.9. The minimum absolute atomic E-state index is 0.00935. The fraction of sp³-hybridized carbons (Fsp3) is 0.125. The topological polar surface area (TPSA) is 108 Å². The molecule has 0 aliphatic carbocycles. The number of hydrogen-bond acceptors (Lipinski definition) is 5. The number of halogens is 1. The molecule has 3 aromatic carbocycles. The van der Waals surface area contributed by atoms with E-state index in [1.165, 1.54) is 37.4 Å². The molecule has 0 atom stereocenters. The Morgan fingerprint density at radius 3 is 2.26 bits per heavy atom. The summed E-state index contributed by atoms with van der Waals surface area (Å²) in [5.74, 6) is -0.881. The molecule has 0 bridgehead atoms. The van der Waals surface area contributed by atoms with Gasteiger partial charge < -0.3 is 5.32 Å². The highest BCUT2D eigenvalue weighted by molar-refractivity contribution is 7.89. The minimum atomic E-state index is -4.04. The molecule has 10 heteroatoms. The largest absolute Gasteiger partial charge is 0.326 e. The predicted molar refractivity (Wildman–Crippen MR) is 132 cm³/mol. The number of rotatable bonds is 9. The highest BCUT2D eigenvalue weighted by Gasteiger charge is 2.27. The lowest BCUT2D eigenvalue weighted by Crippen LogP contribution is -2.39. The molecule has 8 nitrogen and oxygen atoms in total. The SMILES string of the molecule is CC(=O)Nc1ccc(S(=O)(=O)N(CC(=O)N/N=C\c2ccccc2Cl)Cc2ccccc2)cc1. The van der Waals surface area contributed by atoms with Gasteiger partial charge in [-0.3, -0.25) is 9.59 Å². The van der Waals surface area contributed by atoms with Gasteiger partial charge in [-0.05, 0) is 35.9 Å². The van der Waals surface area contributed by atoms with Crippen molar-refractivity contribution in [2.24, 2.45) is 5.10 Å². The average Bonchev–Trinajstić information content (AvgIpc) is 2.80. The lowest BCUT2D eigenvalue weighted by molar-refractivity contribution is -0.121. The molecule has 0 fully saturated rings. The monoisotopic (exact) mass is 498 g/mol. The number of nitrogens with one attached hydrogen (secondary N) is 2. The molecule has 3 rings (SSSR count). The zero-order valence-electron chi connectivity index (χ0n) is 18.3. The maximum absolute atomic E-state index is 13.3. The van der Waals surface area contributed by atoms with Gasteiger partial charge in [-0.1, -0.05) is 60.1 Å². The first-order valence-electron chi connectivity index (χ1n) is 10.2. The Balaban J connectivity index is 1.79. The quantitative estimate of drug-likeness (QED) is 0.347. The predicted octanol–water partition coefficient (Wildman–Crippen LogP) is 3.64. The van der Waals surface area contributed by atoms with Crippen molar-refractivity contribution in [3.05, 3.63) is 95.0 Å². The Morgan fingerprint density at radius 1 is 0.971 bits per heavy atom. The van der Waals surface area contributed by atoms with Crippen LogP contribution in [0.1, 0.15) is 18.1 Å². The Hall–Kier alpha value is -3.53. The summed E-state index contributed by atoms with van der Waals surface area (Å²) in [5, 5.41) is 6.94. The van der Waals surface area contributed by atoms with Gasteiger partial charge in [0.1, 0.15) is 0 Å². The van der Waals surface area contributed by atoms with Gasteiger partial charge in [0.25, 0.3) is 5.91 Å². The van der Waals surface area contributed by atoms with Crippen molar-refractivity contribution in [3.63, 3.8) is 0 Å². The summed E-state index contributed by atoms with van der Waals surface area (Å²) in [6, 6.07) is 21.7. The van der Waals surface area contributed by atoms with Crippen LogP contribution in [0.4, 0.5) is 5.69 Å². The summed E-state index contributed by atoms with van der Waals surface area (Å²) in [4.78, 5) is 23.8. The second-order valence-corrected chi connectivity index (χ2v) is 9.62. The third-order valence-corrected chi connectivity index (χ3v) is 6.78. The van der Waals surface area contributed by atoms with Crippen LogP contribution >= 0.6 is 11.6 Å². The van der Waals surface area contributed by atoms with Crippen molar-refractivity contribution in [2.75, 3.05) is 11.9 Å². The van der Waals surface area contributed by atoms with Crippen molar-refractivity contribution in [3.8, 4) is 0 Å². The van der Waals surface area contributed by atoms with Gasteiger partial charge in [-0.15, -0.1) is 0 Å². The molecule has 34 heavy (non-hydrogen) atoms. The molecule has 0 spiro atoms. The van der Waals surface area contributed by atoms with Gasteiger partial charge >= 0.3 is 0 Å². The number of benzene rings is 3. The molecule has 2 N–H and O–H groups in total. The van der Waals surface area contributed by atoms with Crippen LogP contribution in [-0.4, -0.2) is 37.3 Å². The molecule has 2 amide bonds. The smallest absolute Gasteiger partial charge is 0.255 e. The van der Waals surface area contributed by atoms with Crippen LogP contribution in [0.5, 0.6) is 0 Å². The van der Waals surface area contributed by atoms with Crippen LogP contribution in [0.2, 0.25) is 5.02 Å². The molecule has 0 aliphatic heterocycles. The molecule has 3 aromatic rings. The number of carbonyl (C=O) groups is 2. The van der Waals surface area contributed by atoms with E-state index in [2.05, 4.69) is 15.8 Å². The second-order valence-electron chi connectivity index (χ2n) is 7.28. The number of nitrogens with zero attached hydrogens (tertiary/aromatic N) is 2. The third kappa shape index (κ3) is 6.98. The number of carbonyl (C=O) groups excluding carboxylic acids is 2. The molecule has 0 aromatic heterocycles. The molecule has 0 unspecified atom stereocenters.